The zero-order chi connectivity index (χ0) is 23.5. The lowest BCUT2D eigenvalue weighted by Crippen LogP contribution is -2.11. The van der Waals surface area contributed by atoms with Gasteiger partial charge in [-0.05, 0) is 41.0 Å². The monoisotopic (exact) mass is 452 g/mol. The van der Waals surface area contributed by atoms with E-state index in [9.17, 15) is 0 Å². The molecule has 7 aromatic rings. The van der Waals surface area contributed by atoms with Gasteiger partial charge in [0.2, 0.25) is 0 Å². The van der Waals surface area contributed by atoms with Gasteiger partial charge in [-0.25, -0.2) is 0 Å². The summed E-state index contributed by atoms with van der Waals surface area (Å²) in [5, 5.41) is 12.0. The molecule has 0 saturated carbocycles. The third-order valence-corrected chi connectivity index (χ3v) is 6.70. The quantitative estimate of drug-likeness (QED) is 0.210. The molecule has 7 rings (SSSR count). The fraction of sp³-hybridized carbons (Fsp3) is 0. The lowest BCUT2D eigenvalue weighted by Gasteiger charge is -2.05. The Hall–Kier alpha value is -4.83. The number of rotatable bonds is 3. The highest BCUT2D eigenvalue weighted by molar-refractivity contribution is 6.19. The Labute approximate surface area is 200 Å². The van der Waals surface area contributed by atoms with E-state index in [0.717, 1.165) is 66.1 Å². The molecule has 0 aliphatic carbocycles. The van der Waals surface area contributed by atoms with Crippen LogP contribution in [0, 0.1) is 5.41 Å². The van der Waals surface area contributed by atoms with Crippen LogP contribution in [0.4, 0.5) is 0 Å². The van der Waals surface area contributed by atoms with Crippen molar-refractivity contribution in [2.24, 2.45) is 5.73 Å². The number of hydrogen-bond donors (Lipinski definition) is 2. The van der Waals surface area contributed by atoms with Crippen LogP contribution in [0.1, 0.15) is 5.56 Å². The van der Waals surface area contributed by atoms with Gasteiger partial charge >= 0.3 is 0 Å². The highest BCUT2D eigenvalue weighted by Gasteiger charge is 2.18. The number of furan rings is 2. The summed E-state index contributed by atoms with van der Waals surface area (Å²) in [5.41, 5.74) is 14.1. The predicted molar refractivity (Wildman–Crippen MR) is 143 cm³/mol. The normalized spacial score (nSPS) is 11.7. The van der Waals surface area contributed by atoms with Crippen LogP contribution in [0.5, 0.6) is 0 Å². The molecule has 0 saturated heterocycles. The Bertz CT molecular complexity index is 1930. The molecule has 3 N–H and O–H groups in total. The average molecular weight is 453 g/mol. The molecule has 0 aliphatic heterocycles. The molecular formula is C31H20N2O2. The van der Waals surface area contributed by atoms with Crippen LogP contribution >= 0.6 is 0 Å². The number of nitrogen functional groups attached to an aromatic ring is 1. The molecule has 0 atom stereocenters. The molecule has 5 aromatic carbocycles. The maximum absolute atomic E-state index is 8.04. The summed E-state index contributed by atoms with van der Waals surface area (Å²) in [4.78, 5) is 0. The second-order valence-corrected chi connectivity index (χ2v) is 8.73. The molecule has 0 spiro atoms. The van der Waals surface area contributed by atoms with Crippen molar-refractivity contribution in [3.8, 4) is 22.3 Å². The van der Waals surface area contributed by atoms with Gasteiger partial charge in [0.1, 0.15) is 28.2 Å². The highest BCUT2D eigenvalue weighted by Crippen LogP contribution is 2.42. The molecule has 2 heterocycles. The number of nitrogens with one attached hydrogen (secondary N) is 1. The lowest BCUT2D eigenvalue weighted by atomic mass is 9.96. The van der Waals surface area contributed by atoms with Crippen molar-refractivity contribution in [2.45, 2.75) is 0 Å². The van der Waals surface area contributed by atoms with Gasteiger partial charge < -0.3 is 14.6 Å². The van der Waals surface area contributed by atoms with Crippen molar-refractivity contribution in [2.75, 3.05) is 0 Å². The molecule has 0 aliphatic rings. The first-order chi connectivity index (χ1) is 17.2. The second kappa shape index (κ2) is 7.34. The Balaban J connectivity index is 1.52. The molecular weight excluding hydrogens is 432 g/mol. The maximum atomic E-state index is 8.04. The Morgan fingerprint density at radius 2 is 1.31 bits per heavy atom. The van der Waals surface area contributed by atoms with Crippen LogP contribution in [0.25, 0.3) is 66.1 Å². The lowest BCUT2D eigenvalue weighted by molar-refractivity contribution is 0.669. The number of benzene rings is 5. The zero-order valence-corrected chi connectivity index (χ0v) is 18.7. The van der Waals surface area contributed by atoms with Gasteiger partial charge in [-0.1, -0.05) is 78.9 Å². The second-order valence-electron chi connectivity index (χ2n) is 8.73. The summed E-state index contributed by atoms with van der Waals surface area (Å²) >= 11 is 0. The van der Waals surface area contributed by atoms with Crippen LogP contribution in [0.2, 0.25) is 0 Å². The minimum Gasteiger partial charge on any atom is -0.456 e. The van der Waals surface area contributed by atoms with Crippen LogP contribution in [-0.4, -0.2) is 5.84 Å². The van der Waals surface area contributed by atoms with E-state index in [-0.39, 0.29) is 5.84 Å². The summed E-state index contributed by atoms with van der Waals surface area (Å²) in [6, 6.07) is 34.6. The number of para-hydroxylation sites is 1. The molecule has 0 radical (unpaired) electrons. The molecule has 4 heteroatoms. The van der Waals surface area contributed by atoms with Crippen molar-refractivity contribution in [3.63, 3.8) is 0 Å². The smallest absolute Gasteiger partial charge is 0.143 e. The van der Waals surface area contributed by atoms with Gasteiger partial charge in [-0.15, -0.1) is 0 Å². The minimum absolute atomic E-state index is 0.0278. The van der Waals surface area contributed by atoms with Crippen molar-refractivity contribution in [1.29, 1.82) is 5.41 Å². The highest BCUT2D eigenvalue weighted by atomic mass is 16.3. The molecule has 2 aromatic heterocycles. The summed E-state index contributed by atoms with van der Waals surface area (Å²) in [5.74, 6) is 0.0278. The minimum atomic E-state index is 0.0278. The first-order valence-electron chi connectivity index (χ1n) is 11.5. The number of hydrogen-bond acceptors (Lipinski definition) is 3. The fourth-order valence-corrected chi connectivity index (χ4v) is 5.15. The van der Waals surface area contributed by atoms with Crippen LogP contribution < -0.4 is 5.73 Å². The van der Waals surface area contributed by atoms with Gasteiger partial charge in [0.15, 0.2) is 0 Å². The predicted octanol–water partition coefficient (Wildman–Crippen LogP) is 8.10. The number of nitrogens with two attached hydrogens (primary N) is 1. The molecule has 0 bridgehead atoms. The van der Waals surface area contributed by atoms with Crippen molar-refractivity contribution < 1.29 is 8.83 Å². The Kier molecular flexibility index (Phi) is 4.11. The Morgan fingerprint density at radius 3 is 2.14 bits per heavy atom. The van der Waals surface area contributed by atoms with E-state index in [2.05, 4.69) is 48.5 Å². The molecule has 4 nitrogen and oxygen atoms in total. The van der Waals surface area contributed by atoms with Gasteiger partial charge in [0.25, 0.3) is 0 Å². The van der Waals surface area contributed by atoms with Gasteiger partial charge in [0, 0.05) is 32.7 Å². The molecule has 166 valence electrons. The van der Waals surface area contributed by atoms with E-state index in [4.69, 9.17) is 20.0 Å². The SMILES string of the molecule is N=C(N)c1cccc2oc3ccc(-c4cccc5oc6c(-c7ccccc7)cccc6c45)cc3c12. The third-order valence-electron chi connectivity index (χ3n) is 6.70. The topological polar surface area (TPSA) is 76.2 Å². The number of amidine groups is 1. The van der Waals surface area contributed by atoms with Crippen molar-refractivity contribution >= 4 is 49.7 Å². The Morgan fingerprint density at radius 1 is 0.571 bits per heavy atom. The molecule has 0 fully saturated rings. The maximum Gasteiger partial charge on any atom is 0.143 e. The third kappa shape index (κ3) is 2.90. The van der Waals surface area contributed by atoms with E-state index < -0.39 is 0 Å². The fourth-order valence-electron chi connectivity index (χ4n) is 5.15. The largest absolute Gasteiger partial charge is 0.456 e. The molecule has 0 amide bonds. The summed E-state index contributed by atoms with van der Waals surface area (Å²) < 4.78 is 12.5. The summed E-state index contributed by atoms with van der Waals surface area (Å²) in [7, 11) is 0. The first-order valence-corrected chi connectivity index (χ1v) is 11.5. The standard InChI is InChI=1S/C31H20N2O2/c32-31(33)23-12-6-13-26-29(23)24-17-19(15-16-25(24)34-26)20-9-5-14-27-28(20)22-11-4-10-21(30(22)35-27)18-7-2-1-3-8-18/h1-17H,(H3,32,33). The molecule has 0 unspecified atom stereocenters. The zero-order valence-electron chi connectivity index (χ0n) is 18.7. The van der Waals surface area contributed by atoms with Gasteiger partial charge in [0.05, 0.1) is 0 Å². The van der Waals surface area contributed by atoms with E-state index in [1.807, 2.05) is 54.6 Å². The first kappa shape index (κ1) is 19.6. The van der Waals surface area contributed by atoms with Crippen LogP contribution in [0.3, 0.4) is 0 Å². The van der Waals surface area contributed by atoms with Crippen LogP contribution in [0.15, 0.2) is 112 Å². The van der Waals surface area contributed by atoms with E-state index >= 15 is 0 Å². The van der Waals surface area contributed by atoms with Crippen molar-refractivity contribution in [1.82, 2.24) is 0 Å². The van der Waals surface area contributed by atoms with E-state index in [0.29, 0.717) is 5.56 Å². The molecule has 35 heavy (non-hydrogen) atoms. The van der Waals surface area contributed by atoms with Crippen molar-refractivity contribution in [3.05, 3.63) is 109 Å². The summed E-state index contributed by atoms with van der Waals surface area (Å²) in [6.45, 7) is 0. The number of fused-ring (bicyclic) bond motifs is 6. The van der Waals surface area contributed by atoms with Gasteiger partial charge in [-0.3, -0.25) is 5.41 Å². The summed E-state index contributed by atoms with van der Waals surface area (Å²) in [6.07, 6.45) is 0. The van der Waals surface area contributed by atoms with Gasteiger partial charge in [-0.2, -0.15) is 0 Å². The average Bonchev–Trinajstić information content (AvgIpc) is 3.47. The van der Waals surface area contributed by atoms with E-state index in [1.54, 1.807) is 0 Å². The van der Waals surface area contributed by atoms with Crippen LogP contribution in [-0.2, 0) is 0 Å². The van der Waals surface area contributed by atoms with E-state index in [1.165, 1.54) is 0 Å².